The molecule has 0 amide bonds. The van der Waals surface area contributed by atoms with E-state index in [4.69, 9.17) is 5.73 Å². The topological polar surface area (TPSA) is 64.7 Å². The lowest BCUT2D eigenvalue weighted by Crippen LogP contribution is -2.10. The van der Waals surface area contributed by atoms with Crippen molar-refractivity contribution in [3.05, 3.63) is 39.4 Å². The maximum atomic E-state index is 5.83. The average molecular weight is 248 g/mol. The van der Waals surface area contributed by atoms with Crippen LogP contribution < -0.4 is 5.73 Å². The summed E-state index contributed by atoms with van der Waals surface area (Å²) < 4.78 is 0. The zero-order chi connectivity index (χ0) is 12.4. The molecule has 2 aromatic heterocycles. The molecule has 5 heteroatoms. The fraction of sp³-hybridized carbons (Fsp3) is 0.417. The summed E-state index contributed by atoms with van der Waals surface area (Å²) in [6, 6.07) is -0.0221. The molecule has 0 aliphatic rings. The third-order valence-corrected chi connectivity index (χ3v) is 3.50. The summed E-state index contributed by atoms with van der Waals surface area (Å²) in [6.07, 6.45) is 2.52. The monoisotopic (exact) mass is 248 g/mol. The molecule has 2 aromatic rings. The van der Waals surface area contributed by atoms with Crippen LogP contribution in [0.25, 0.3) is 0 Å². The molecule has 0 spiro atoms. The van der Waals surface area contributed by atoms with Gasteiger partial charge in [-0.1, -0.05) is 0 Å². The summed E-state index contributed by atoms with van der Waals surface area (Å²) in [5.74, 6) is 0.807. The van der Waals surface area contributed by atoms with Gasteiger partial charge in [-0.2, -0.15) is 0 Å². The van der Waals surface area contributed by atoms with E-state index in [9.17, 15) is 0 Å². The van der Waals surface area contributed by atoms with Gasteiger partial charge in [-0.25, -0.2) is 15.0 Å². The van der Waals surface area contributed by atoms with Crippen molar-refractivity contribution in [3.8, 4) is 0 Å². The van der Waals surface area contributed by atoms with E-state index in [1.807, 2.05) is 32.3 Å². The first-order chi connectivity index (χ1) is 8.06. The Morgan fingerprint density at radius 3 is 2.65 bits per heavy atom. The van der Waals surface area contributed by atoms with Crippen LogP contribution in [-0.4, -0.2) is 15.0 Å². The molecule has 90 valence electrons. The van der Waals surface area contributed by atoms with Crippen molar-refractivity contribution >= 4 is 11.3 Å². The van der Waals surface area contributed by atoms with Crippen LogP contribution >= 0.6 is 11.3 Å². The Morgan fingerprint density at radius 2 is 2.12 bits per heavy atom. The maximum Gasteiger partial charge on any atom is 0.135 e. The van der Waals surface area contributed by atoms with Crippen molar-refractivity contribution < 1.29 is 0 Å². The predicted octanol–water partition coefficient (Wildman–Crippen LogP) is 2.16. The number of nitrogens with two attached hydrogens (primary N) is 1. The van der Waals surface area contributed by atoms with Crippen molar-refractivity contribution in [2.75, 3.05) is 0 Å². The van der Waals surface area contributed by atoms with Crippen molar-refractivity contribution in [2.24, 2.45) is 5.73 Å². The van der Waals surface area contributed by atoms with Gasteiger partial charge in [-0.15, -0.1) is 11.3 Å². The third-order valence-electron chi connectivity index (χ3n) is 2.53. The summed E-state index contributed by atoms with van der Waals surface area (Å²) in [6.45, 7) is 5.90. The Hall–Kier alpha value is -1.33. The van der Waals surface area contributed by atoms with Gasteiger partial charge in [0, 0.05) is 34.6 Å². The first-order valence-electron chi connectivity index (χ1n) is 5.55. The number of aromatic nitrogens is 3. The number of thiazole rings is 1. The quantitative estimate of drug-likeness (QED) is 0.904. The number of hydrogen-bond donors (Lipinski definition) is 1. The molecule has 4 nitrogen and oxygen atoms in total. The standard InChI is InChI=1S/C12H16N4S/c1-7-6-17-12(15-7)4-11-14-5-10(8(2)13)9(3)16-11/h5-6,8H,4,13H2,1-3H3/t8-/m1/s1. The highest BCUT2D eigenvalue weighted by Crippen LogP contribution is 2.15. The average Bonchev–Trinajstić information content (AvgIpc) is 2.63. The molecule has 17 heavy (non-hydrogen) atoms. The van der Waals surface area contributed by atoms with Crippen molar-refractivity contribution in [3.63, 3.8) is 0 Å². The van der Waals surface area contributed by atoms with E-state index in [-0.39, 0.29) is 6.04 Å². The van der Waals surface area contributed by atoms with Crippen LogP contribution in [0.15, 0.2) is 11.6 Å². The van der Waals surface area contributed by atoms with Crippen molar-refractivity contribution in [1.29, 1.82) is 0 Å². The molecule has 0 aliphatic heterocycles. The van der Waals surface area contributed by atoms with Crippen LogP contribution in [0, 0.1) is 13.8 Å². The van der Waals surface area contributed by atoms with Crippen molar-refractivity contribution in [2.45, 2.75) is 33.2 Å². The number of hydrogen-bond acceptors (Lipinski definition) is 5. The second-order valence-corrected chi connectivity index (χ2v) is 5.12. The first kappa shape index (κ1) is 12.1. The van der Waals surface area contributed by atoms with Crippen LogP contribution in [0.1, 0.15) is 40.7 Å². The Bertz CT molecular complexity index is 519. The van der Waals surface area contributed by atoms with E-state index in [1.54, 1.807) is 11.3 Å². The van der Waals surface area contributed by atoms with E-state index >= 15 is 0 Å². The number of rotatable bonds is 3. The molecule has 0 saturated heterocycles. The van der Waals surface area contributed by atoms with Crippen molar-refractivity contribution in [1.82, 2.24) is 15.0 Å². The lowest BCUT2D eigenvalue weighted by molar-refractivity contribution is 0.776. The van der Waals surface area contributed by atoms with Crippen LogP contribution in [0.5, 0.6) is 0 Å². The van der Waals surface area contributed by atoms with Gasteiger partial charge in [0.1, 0.15) is 10.8 Å². The molecule has 0 bridgehead atoms. The Morgan fingerprint density at radius 1 is 1.35 bits per heavy atom. The highest BCUT2D eigenvalue weighted by Gasteiger charge is 2.08. The van der Waals surface area contributed by atoms with E-state index < -0.39 is 0 Å². The fourth-order valence-electron chi connectivity index (χ4n) is 1.68. The maximum absolute atomic E-state index is 5.83. The van der Waals surface area contributed by atoms with Gasteiger partial charge < -0.3 is 5.73 Å². The second-order valence-electron chi connectivity index (χ2n) is 4.18. The summed E-state index contributed by atoms with van der Waals surface area (Å²) in [5.41, 5.74) is 8.84. The lowest BCUT2D eigenvalue weighted by Gasteiger charge is -2.08. The summed E-state index contributed by atoms with van der Waals surface area (Å²) in [5, 5.41) is 3.09. The molecule has 0 radical (unpaired) electrons. The summed E-state index contributed by atoms with van der Waals surface area (Å²) >= 11 is 1.64. The lowest BCUT2D eigenvalue weighted by atomic mass is 10.1. The molecule has 0 saturated carbocycles. The second kappa shape index (κ2) is 4.89. The van der Waals surface area contributed by atoms with Crippen LogP contribution in [0.4, 0.5) is 0 Å². The largest absolute Gasteiger partial charge is 0.324 e. The van der Waals surface area contributed by atoms with Crippen LogP contribution in [-0.2, 0) is 6.42 Å². The number of nitrogens with zero attached hydrogens (tertiary/aromatic N) is 3. The van der Waals surface area contributed by atoms with Gasteiger partial charge in [0.15, 0.2) is 0 Å². The summed E-state index contributed by atoms with van der Waals surface area (Å²) in [4.78, 5) is 13.2. The number of aryl methyl sites for hydroxylation is 2. The first-order valence-corrected chi connectivity index (χ1v) is 6.43. The van der Waals surface area contributed by atoms with E-state index in [0.717, 1.165) is 27.8 Å². The Labute approximate surface area is 105 Å². The van der Waals surface area contributed by atoms with Gasteiger partial charge in [0.05, 0.1) is 6.42 Å². The normalized spacial score (nSPS) is 12.7. The minimum atomic E-state index is -0.0221. The zero-order valence-electron chi connectivity index (χ0n) is 10.3. The molecule has 2 rings (SSSR count). The van der Waals surface area contributed by atoms with E-state index in [1.165, 1.54) is 0 Å². The molecule has 0 fully saturated rings. The van der Waals surface area contributed by atoms with Gasteiger partial charge in [-0.05, 0) is 20.8 Å². The van der Waals surface area contributed by atoms with Gasteiger partial charge in [-0.3, -0.25) is 0 Å². The molecule has 0 unspecified atom stereocenters. The van der Waals surface area contributed by atoms with E-state index in [2.05, 4.69) is 15.0 Å². The molecular weight excluding hydrogens is 232 g/mol. The van der Waals surface area contributed by atoms with Gasteiger partial charge in [0.2, 0.25) is 0 Å². The smallest absolute Gasteiger partial charge is 0.135 e. The highest BCUT2D eigenvalue weighted by molar-refractivity contribution is 7.09. The highest BCUT2D eigenvalue weighted by atomic mass is 32.1. The minimum Gasteiger partial charge on any atom is -0.324 e. The minimum absolute atomic E-state index is 0.0221. The molecule has 2 heterocycles. The molecule has 2 N–H and O–H groups in total. The van der Waals surface area contributed by atoms with Crippen LogP contribution in [0.3, 0.4) is 0 Å². The Balaban J connectivity index is 2.20. The molecule has 0 aromatic carbocycles. The SMILES string of the molecule is Cc1csc(Cc2ncc([C@@H](C)N)c(C)n2)n1. The van der Waals surface area contributed by atoms with Gasteiger partial charge >= 0.3 is 0 Å². The molecule has 1 atom stereocenters. The Kier molecular flexibility index (Phi) is 3.49. The summed E-state index contributed by atoms with van der Waals surface area (Å²) in [7, 11) is 0. The fourth-order valence-corrected chi connectivity index (χ4v) is 2.44. The van der Waals surface area contributed by atoms with Gasteiger partial charge in [0.25, 0.3) is 0 Å². The predicted molar refractivity (Wildman–Crippen MR) is 69.0 cm³/mol. The van der Waals surface area contributed by atoms with Crippen LogP contribution in [0.2, 0.25) is 0 Å². The third kappa shape index (κ3) is 2.87. The zero-order valence-corrected chi connectivity index (χ0v) is 11.1. The van der Waals surface area contributed by atoms with E-state index in [0.29, 0.717) is 6.42 Å². The molecular formula is C12H16N4S. The molecule has 0 aliphatic carbocycles.